The Labute approximate surface area is 103 Å². The van der Waals surface area contributed by atoms with Crippen molar-refractivity contribution in [2.45, 2.75) is 18.9 Å². The topological polar surface area (TPSA) is 40.7 Å². The Balaban J connectivity index is 2.08. The van der Waals surface area contributed by atoms with Crippen molar-refractivity contribution in [1.82, 2.24) is 15.3 Å². The lowest BCUT2D eigenvalue weighted by Crippen LogP contribution is -2.13. The van der Waals surface area contributed by atoms with Gasteiger partial charge in [0.25, 0.3) is 0 Å². The predicted molar refractivity (Wildman–Crippen MR) is 66.1 cm³/mol. The predicted octanol–water partition coefficient (Wildman–Crippen LogP) is 3.29. The lowest BCUT2D eigenvalue weighted by molar-refractivity contribution is 0.614. The standard InChI is InChI=1S/C11H11Cl2N3/c12-6-4-9-10(5-7(6)13)16-11(15-9)8-2-1-3-14-8/h4-5,8,14H,1-3H2,(H,15,16). The van der Waals surface area contributed by atoms with Gasteiger partial charge in [-0.1, -0.05) is 23.2 Å². The van der Waals surface area contributed by atoms with E-state index in [0.29, 0.717) is 16.1 Å². The third-order valence-electron chi connectivity index (χ3n) is 2.93. The fraction of sp³-hybridized carbons (Fsp3) is 0.364. The molecule has 16 heavy (non-hydrogen) atoms. The van der Waals surface area contributed by atoms with E-state index in [1.165, 1.54) is 6.42 Å². The first-order chi connectivity index (χ1) is 7.74. The fourth-order valence-corrected chi connectivity index (χ4v) is 2.43. The van der Waals surface area contributed by atoms with E-state index >= 15 is 0 Å². The van der Waals surface area contributed by atoms with E-state index in [9.17, 15) is 0 Å². The van der Waals surface area contributed by atoms with Crippen LogP contribution in [-0.4, -0.2) is 16.5 Å². The van der Waals surface area contributed by atoms with Gasteiger partial charge in [-0.2, -0.15) is 0 Å². The molecular formula is C11H11Cl2N3. The van der Waals surface area contributed by atoms with Crippen LogP contribution in [0.25, 0.3) is 11.0 Å². The zero-order chi connectivity index (χ0) is 11.1. The summed E-state index contributed by atoms with van der Waals surface area (Å²) in [6.07, 6.45) is 2.32. The number of halogens is 2. The van der Waals surface area contributed by atoms with Crippen LogP contribution in [0, 0.1) is 0 Å². The molecule has 2 aromatic rings. The molecule has 0 amide bonds. The van der Waals surface area contributed by atoms with Crippen molar-refractivity contribution in [2.24, 2.45) is 0 Å². The van der Waals surface area contributed by atoms with Crippen LogP contribution >= 0.6 is 23.2 Å². The van der Waals surface area contributed by atoms with Gasteiger partial charge in [-0.15, -0.1) is 0 Å². The highest BCUT2D eigenvalue weighted by Crippen LogP contribution is 2.29. The minimum absolute atomic E-state index is 0.338. The molecule has 1 aromatic carbocycles. The Hall–Kier alpha value is -0.770. The quantitative estimate of drug-likeness (QED) is 0.821. The lowest BCUT2D eigenvalue weighted by Gasteiger charge is -2.04. The monoisotopic (exact) mass is 255 g/mol. The Morgan fingerprint density at radius 1 is 1.25 bits per heavy atom. The van der Waals surface area contributed by atoms with Crippen LogP contribution in [0.3, 0.4) is 0 Å². The number of hydrogen-bond acceptors (Lipinski definition) is 2. The van der Waals surface area contributed by atoms with Crippen LogP contribution in [-0.2, 0) is 0 Å². The lowest BCUT2D eigenvalue weighted by atomic mass is 10.2. The molecule has 1 saturated heterocycles. The molecule has 0 spiro atoms. The van der Waals surface area contributed by atoms with E-state index in [1.54, 1.807) is 6.07 Å². The summed E-state index contributed by atoms with van der Waals surface area (Å²) in [5.41, 5.74) is 1.82. The molecule has 1 unspecified atom stereocenters. The van der Waals surface area contributed by atoms with Crippen LogP contribution < -0.4 is 5.32 Å². The smallest absolute Gasteiger partial charge is 0.124 e. The van der Waals surface area contributed by atoms with E-state index in [1.807, 2.05) is 6.07 Å². The number of nitrogens with zero attached hydrogens (tertiary/aromatic N) is 1. The highest BCUT2D eigenvalue weighted by atomic mass is 35.5. The number of fused-ring (bicyclic) bond motifs is 1. The van der Waals surface area contributed by atoms with Crippen molar-refractivity contribution in [3.8, 4) is 0 Å². The summed E-state index contributed by atoms with van der Waals surface area (Å²) in [4.78, 5) is 7.82. The number of imidazole rings is 1. The molecule has 1 aliphatic rings. The van der Waals surface area contributed by atoms with Crippen LogP contribution in [0.1, 0.15) is 24.7 Å². The van der Waals surface area contributed by atoms with Gasteiger partial charge in [-0.25, -0.2) is 4.98 Å². The van der Waals surface area contributed by atoms with Gasteiger partial charge in [-0.05, 0) is 31.5 Å². The van der Waals surface area contributed by atoms with Gasteiger partial charge in [0.2, 0.25) is 0 Å². The van der Waals surface area contributed by atoms with Crippen molar-refractivity contribution in [3.63, 3.8) is 0 Å². The van der Waals surface area contributed by atoms with Gasteiger partial charge < -0.3 is 10.3 Å². The van der Waals surface area contributed by atoms with Crippen LogP contribution in [0.4, 0.5) is 0 Å². The molecule has 0 saturated carbocycles. The Morgan fingerprint density at radius 3 is 2.81 bits per heavy atom. The minimum Gasteiger partial charge on any atom is -0.341 e. The van der Waals surface area contributed by atoms with Crippen molar-refractivity contribution in [2.75, 3.05) is 6.54 Å². The summed E-state index contributed by atoms with van der Waals surface area (Å²) in [5.74, 6) is 0.978. The molecule has 1 aliphatic heterocycles. The Morgan fingerprint density at radius 2 is 2.06 bits per heavy atom. The van der Waals surface area contributed by atoms with E-state index in [2.05, 4.69) is 15.3 Å². The molecule has 0 radical (unpaired) electrons. The maximum absolute atomic E-state index is 5.96. The van der Waals surface area contributed by atoms with Crippen molar-refractivity contribution >= 4 is 34.2 Å². The van der Waals surface area contributed by atoms with E-state index in [-0.39, 0.29) is 0 Å². The maximum atomic E-state index is 5.96. The summed E-state index contributed by atoms with van der Waals surface area (Å²) < 4.78 is 0. The summed E-state index contributed by atoms with van der Waals surface area (Å²) in [6, 6.07) is 3.96. The van der Waals surface area contributed by atoms with Gasteiger partial charge >= 0.3 is 0 Å². The fourth-order valence-electron chi connectivity index (χ4n) is 2.11. The molecule has 84 valence electrons. The first-order valence-corrected chi connectivity index (χ1v) is 6.07. The third kappa shape index (κ3) is 1.69. The summed E-state index contributed by atoms with van der Waals surface area (Å²) >= 11 is 11.9. The number of rotatable bonds is 1. The molecule has 3 rings (SSSR count). The molecule has 3 nitrogen and oxygen atoms in total. The zero-order valence-corrected chi connectivity index (χ0v) is 10.1. The van der Waals surface area contributed by atoms with Gasteiger partial charge in [0, 0.05) is 0 Å². The number of H-pyrrole nitrogens is 1. The average molecular weight is 256 g/mol. The van der Waals surface area contributed by atoms with E-state index in [4.69, 9.17) is 23.2 Å². The van der Waals surface area contributed by atoms with Crippen molar-refractivity contribution in [1.29, 1.82) is 0 Å². The number of nitrogens with one attached hydrogen (secondary N) is 2. The molecule has 0 bridgehead atoms. The highest BCUT2D eigenvalue weighted by molar-refractivity contribution is 6.42. The Bertz CT molecular complexity index is 490. The minimum atomic E-state index is 0.338. The van der Waals surface area contributed by atoms with Crippen molar-refractivity contribution in [3.05, 3.63) is 28.0 Å². The first-order valence-electron chi connectivity index (χ1n) is 5.32. The van der Waals surface area contributed by atoms with Gasteiger partial charge in [0.15, 0.2) is 0 Å². The number of benzene rings is 1. The van der Waals surface area contributed by atoms with Gasteiger partial charge in [0.05, 0.1) is 27.1 Å². The molecular weight excluding hydrogens is 245 g/mol. The van der Waals surface area contributed by atoms with E-state index < -0.39 is 0 Å². The zero-order valence-electron chi connectivity index (χ0n) is 8.56. The molecule has 2 heterocycles. The third-order valence-corrected chi connectivity index (χ3v) is 3.65. The van der Waals surface area contributed by atoms with Crippen LogP contribution in [0.5, 0.6) is 0 Å². The van der Waals surface area contributed by atoms with Gasteiger partial charge in [-0.3, -0.25) is 0 Å². The first kappa shape index (κ1) is 10.4. The second-order valence-corrected chi connectivity index (χ2v) is 4.87. The second kappa shape index (κ2) is 3.91. The summed E-state index contributed by atoms with van der Waals surface area (Å²) in [6.45, 7) is 1.06. The molecule has 1 fully saturated rings. The Kier molecular flexibility index (Phi) is 2.54. The molecule has 2 N–H and O–H groups in total. The number of hydrogen-bond donors (Lipinski definition) is 2. The van der Waals surface area contributed by atoms with Gasteiger partial charge in [0.1, 0.15) is 5.82 Å². The summed E-state index contributed by atoms with van der Waals surface area (Å²) in [7, 11) is 0. The van der Waals surface area contributed by atoms with E-state index in [0.717, 1.165) is 29.8 Å². The number of aromatic nitrogens is 2. The van der Waals surface area contributed by atoms with Crippen LogP contribution in [0.2, 0.25) is 10.0 Å². The molecule has 0 aliphatic carbocycles. The molecule has 1 aromatic heterocycles. The summed E-state index contributed by atoms with van der Waals surface area (Å²) in [5, 5.41) is 4.51. The number of aromatic amines is 1. The maximum Gasteiger partial charge on any atom is 0.124 e. The second-order valence-electron chi connectivity index (χ2n) is 4.05. The normalized spacial score (nSPS) is 20.8. The van der Waals surface area contributed by atoms with Crippen molar-refractivity contribution < 1.29 is 0 Å². The highest BCUT2D eigenvalue weighted by Gasteiger charge is 2.19. The SMILES string of the molecule is Clc1cc2nc(C3CCCN3)[nH]c2cc1Cl. The van der Waals surface area contributed by atoms with Crippen LogP contribution in [0.15, 0.2) is 12.1 Å². The molecule has 1 atom stereocenters. The largest absolute Gasteiger partial charge is 0.341 e. The molecule has 5 heteroatoms. The average Bonchev–Trinajstić information content (AvgIpc) is 2.86.